The molecule has 172 valence electrons. The van der Waals surface area contributed by atoms with Gasteiger partial charge in [-0.15, -0.1) is 6.58 Å². The molecule has 4 amide bonds. The second-order valence-corrected chi connectivity index (χ2v) is 7.86. The molecule has 2 aromatic carbocycles. The van der Waals surface area contributed by atoms with Crippen molar-refractivity contribution in [3.63, 3.8) is 0 Å². The lowest BCUT2D eigenvalue weighted by Gasteiger charge is -2.20. The number of nitrogens with zero attached hydrogens (tertiary/aromatic N) is 1. The molecule has 0 unspecified atom stereocenters. The van der Waals surface area contributed by atoms with Crippen LogP contribution in [0.4, 0.5) is 10.5 Å². The average Bonchev–Trinajstić information content (AvgIpc) is 3.22. The van der Waals surface area contributed by atoms with Crippen molar-refractivity contribution in [3.05, 3.63) is 54.6 Å². The van der Waals surface area contributed by atoms with Gasteiger partial charge in [-0.05, 0) is 36.2 Å². The van der Waals surface area contributed by atoms with Crippen LogP contribution in [-0.4, -0.2) is 62.1 Å². The summed E-state index contributed by atoms with van der Waals surface area (Å²) in [6.45, 7) is 4.13. The third-order valence-electron chi connectivity index (χ3n) is 5.83. The van der Waals surface area contributed by atoms with Crippen LogP contribution in [0.25, 0.3) is 11.1 Å². The first-order valence-corrected chi connectivity index (χ1v) is 10.6. The summed E-state index contributed by atoms with van der Waals surface area (Å²) in [7, 11) is 3.15. The Morgan fingerprint density at radius 2 is 2.00 bits per heavy atom. The van der Waals surface area contributed by atoms with Crippen LogP contribution in [0.2, 0.25) is 0 Å². The van der Waals surface area contributed by atoms with E-state index in [9.17, 15) is 14.4 Å². The standard InChI is InChI=1S/C24H26N4O5/c1-4-9-25-24(31)26-15-11-20-22(29)27-19-8-5-14(10-18(19)23(30)28(20)13-15)17-7-6-16(32-2)12-21(17)33-3/h4-8,10,12,15,20H,1,9,11,13H2,2-3H3,(H,27,29)(H2,25,26,31)/t15-,20-/m0/s1. The number of benzene rings is 2. The van der Waals surface area contributed by atoms with Crippen molar-refractivity contribution >= 4 is 23.5 Å². The summed E-state index contributed by atoms with van der Waals surface area (Å²) in [4.78, 5) is 39.8. The lowest BCUT2D eigenvalue weighted by Crippen LogP contribution is -2.44. The minimum Gasteiger partial charge on any atom is -0.497 e. The summed E-state index contributed by atoms with van der Waals surface area (Å²) in [6, 6.07) is 9.41. The molecule has 2 heterocycles. The second kappa shape index (κ2) is 9.23. The summed E-state index contributed by atoms with van der Waals surface area (Å²) in [5.41, 5.74) is 2.41. The van der Waals surface area contributed by atoms with E-state index < -0.39 is 6.04 Å². The minimum absolute atomic E-state index is 0.244. The van der Waals surface area contributed by atoms with Crippen LogP contribution in [0.5, 0.6) is 11.5 Å². The molecule has 3 N–H and O–H groups in total. The maximum atomic E-state index is 13.4. The maximum Gasteiger partial charge on any atom is 0.315 e. The SMILES string of the molecule is C=CCNC(=O)N[C@H]1C[C@H]2C(=O)Nc3ccc(-c4ccc(OC)cc4OC)cc3C(=O)N2C1. The van der Waals surface area contributed by atoms with E-state index in [1.807, 2.05) is 18.2 Å². The van der Waals surface area contributed by atoms with Gasteiger partial charge in [0.25, 0.3) is 5.91 Å². The van der Waals surface area contributed by atoms with Gasteiger partial charge in [0.15, 0.2) is 0 Å². The van der Waals surface area contributed by atoms with Gasteiger partial charge in [-0.25, -0.2) is 4.79 Å². The van der Waals surface area contributed by atoms with Gasteiger partial charge >= 0.3 is 6.03 Å². The Kier molecular flexibility index (Phi) is 6.21. The molecular weight excluding hydrogens is 424 g/mol. The van der Waals surface area contributed by atoms with Crippen molar-refractivity contribution in [2.24, 2.45) is 0 Å². The number of urea groups is 1. The molecule has 9 nitrogen and oxygen atoms in total. The number of methoxy groups -OCH3 is 2. The molecule has 0 saturated carbocycles. The maximum absolute atomic E-state index is 13.4. The molecule has 0 aliphatic carbocycles. The van der Waals surface area contributed by atoms with Crippen LogP contribution >= 0.6 is 0 Å². The third kappa shape index (κ3) is 4.34. The van der Waals surface area contributed by atoms with Crippen molar-refractivity contribution in [1.29, 1.82) is 0 Å². The van der Waals surface area contributed by atoms with Crippen molar-refractivity contribution in [2.75, 3.05) is 32.6 Å². The number of carbonyl (C=O) groups excluding carboxylic acids is 3. The highest BCUT2D eigenvalue weighted by Gasteiger charge is 2.43. The number of ether oxygens (including phenoxy) is 2. The molecule has 0 radical (unpaired) electrons. The fourth-order valence-electron chi connectivity index (χ4n) is 4.22. The summed E-state index contributed by atoms with van der Waals surface area (Å²) in [6.07, 6.45) is 1.91. The largest absolute Gasteiger partial charge is 0.497 e. The lowest BCUT2D eigenvalue weighted by atomic mass is 10.00. The first kappa shape index (κ1) is 22.2. The molecule has 1 fully saturated rings. The van der Waals surface area contributed by atoms with Crippen molar-refractivity contribution in [2.45, 2.75) is 18.5 Å². The van der Waals surface area contributed by atoms with Crippen molar-refractivity contribution in [1.82, 2.24) is 15.5 Å². The first-order chi connectivity index (χ1) is 15.9. The van der Waals surface area contributed by atoms with Gasteiger partial charge in [-0.1, -0.05) is 12.1 Å². The van der Waals surface area contributed by atoms with Gasteiger partial charge in [-0.2, -0.15) is 0 Å². The van der Waals surface area contributed by atoms with E-state index in [1.54, 1.807) is 38.5 Å². The molecule has 2 aliphatic heterocycles. The van der Waals surface area contributed by atoms with E-state index in [2.05, 4.69) is 22.5 Å². The molecule has 4 rings (SSSR count). The van der Waals surface area contributed by atoms with Crippen LogP contribution in [0.3, 0.4) is 0 Å². The lowest BCUT2D eigenvalue weighted by molar-refractivity contribution is -0.119. The smallest absolute Gasteiger partial charge is 0.315 e. The first-order valence-electron chi connectivity index (χ1n) is 10.6. The van der Waals surface area contributed by atoms with Gasteiger partial charge < -0.3 is 30.3 Å². The predicted molar refractivity (Wildman–Crippen MR) is 124 cm³/mol. The molecule has 33 heavy (non-hydrogen) atoms. The average molecular weight is 450 g/mol. The highest BCUT2D eigenvalue weighted by Crippen LogP contribution is 2.37. The fraction of sp³-hybridized carbons (Fsp3) is 0.292. The van der Waals surface area contributed by atoms with Gasteiger partial charge in [0.2, 0.25) is 5.91 Å². The van der Waals surface area contributed by atoms with E-state index in [0.717, 1.165) is 11.1 Å². The van der Waals surface area contributed by atoms with E-state index in [4.69, 9.17) is 9.47 Å². The van der Waals surface area contributed by atoms with E-state index in [-0.39, 0.29) is 30.4 Å². The van der Waals surface area contributed by atoms with Gasteiger partial charge in [-0.3, -0.25) is 9.59 Å². The van der Waals surface area contributed by atoms with Crippen LogP contribution in [0, 0.1) is 0 Å². The summed E-state index contributed by atoms with van der Waals surface area (Å²) >= 11 is 0. The van der Waals surface area contributed by atoms with Crippen LogP contribution in [0.1, 0.15) is 16.8 Å². The molecule has 1 saturated heterocycles. The van der Waals surface area contributed by atoms with Gasteiger partial charge in [0.1, 0.15) is 17.5 Å². The number of fused-ring (bicyclic) bond motifs is 2. The third-order valence-corrected chi connectivity index (χ3v) is 5.83. The number of carbonyl (C=O) groups is 3. The number of anilines is 1. The van der Waals surface area contributed by atoms with Crippen molar-refractivity contribution < 1.29 is 23.9 Å². The molecule has 9 heteroatoms. The Morgan fingerprint density at radius 3 is 2.73 bits per heavy atom. The number of rotatable bonds is 6. The Hall–Kier alpha value is -4.01. The normalized spacial score (nSPS) is 19.0. The highest BCUT2D eigenvalue weighted by atomic mass is 16.5. The predicted octanol–water partition coefficient (Wildman–Crippen LogP) is 2.39. The van der Waals surface area contributed by atoms with Gasteiger partial charge in [0.05, 0.1) is 31.5 Å². The topological polar surface area (TPSA) is 109 Å². The quantitative estimate of drug-likeness (QED) is 0.586. The molecule has 0 spiro atoms. The molecular formula is C24H26N4O5. The minimum atomic E-state index is -0.659. The zero-order valence-corrected chi connectivity index (χ0v) is 18.5. The van der Waals surface area contributed by atoms with E-state index in [1.165, 1.54) is 4.90 Å². The fourth-order valence-corrected chi connectivity index (χ4v) is 4.22. The molecule has 2 aromatic rings. The zero-order valence-electron chi connectivity index (χ0n) is 18.5. The molecule has 0 bridgehead atoms. The number of hydrogen-bond donors (Lipinski definition) is 3. The molecule has 2 aliphatic rings. The summed E-state index contributed by atoms with van der Waals surface area (Å²) < 4.78 is 10.8. The monoisotopic (exact) mass is 450 g/mol. The van der Waals surface area contributed by atoms with Crippen LogP contribution in [-0.2, 0) is 4.79 Å². The number of hydrogen-bond acceptors (Lipinski definition) is 5. The highest BCUT2D eigenvalue weighted by molar-refractivity contribution is 6.11. The van der Waals surface area contributed by atoms with E-state index in [0.29, 0.717) is 35.7 Å². The molecule has 0 aromatic heterocycles. The second-order valence-electron chi connectivity index (χ2n) is 7.86. The number of amides is 4. The van der Waals surface area contributed by atoms with Crippen molar-refractivity contribution in [3.8, 4) is 22.6 Å². The Morgan fingerprint density at radius 1 is 1.18 bits per heavy atom. The zero-order chi connectivity index (χ0) is 23.5. The van der Waals surface area contributed by atoms with E-state index >= 15 is 0 Å². The number of nitrogens with one attached hydrogen (secondary N) is 3. The molecule has 2 atom stereocenters. The van der Waals surface area contributed by atoms with Gasteiger partial charge in [0, 0.05) is 24.7 Å². The Bertz CT molecular complexity index is 1120. The summed E-state index contributed by atoms with van der Waals surface area (Å²) in [5.74, 6) is 0.726. The Balaban J connectivity index is 1.62. The summed E-state index contributed by atoms with van der Waals surface area (Å²) in [5, 5.41) is 8.32. The van der Waals surface area contributed by atoms with Crippen LogP contribution in [0.15, 0.2) is 49.1 Å². The Labute approximate surface area is 191 Å². The van der Waals surface area contributed by atoms with Crippen LogP contribution < -0.4 is 25.4 Å².